The van der Waals surface area contributed by atoms with Crippen LogP contribution < -0.4 is 0 Å². The van der Waals surface area contributed by atoms with Crippen molar-refractivity contribution >= 4 is 11.6 Å². The van der Waals surface area contributed by atoms with Crippen LogP contribution in [0.4, 0.5) is 0 Å². The molecule has 0 heterocycles. The minimum Gasteiger partial charge on any atom is -0.123 e. The fourth-order valence-electron chi connectivity index (χ4n) is 2.31. The average molecular weight is 261 g/mol. The summed E-state index contributed by atoms with van der Waals surface area (Å²) in [5, 5.41) is 0.439. The summed E-state index contributed by atoms with van der Waals surface area (Å²) in [5.74, 6) is 0. The molecular formula is C16H33Cl. The third-order valence-corrected chi connectivity index (χ3v) is 3.91. The second-order valence-corrected chi connectivity index (χ2v) is 5.97. The van der Waals surface area contributed by atoms with Crippen molar-refractivity contribution in [3.8, 4) is 0 Å². The van der Waals surface area contributed by atoms with E-state index >= 15 is 0 Å². The van der Waals surface area contributed by atoms with Gasteiger partial charge in [-0.15, -0.1) is 11.6 Å². The van der Waals surface area contributed by atoms with Crippen molar-refractivity contribution in [2.75, 3.05) is 0 Å². The summed E-state index contributed by atoms with van der Waals surface area (Å²) >= 11 is 6.19. The molecule has 1 atom stereocenters. The zero-order valence-corrected chi connectivity index (χ0v) is 12.9. The molecule has 0 amide bonds. The van der Waals surface area contributed by atoms with Gasteiger partial charge in [0, 0.05) is 5.38 Å². The van der Waals surface area contributed by atoms with Crippen LogP contribution in [0.2, 0.25) is 0 Å². The van der Waals surface area contributed by atoms with Crippen molar-refractivity contribution in [1.29, 1.82) is 0 Å². The lowest BCUT2D eigenvalue weighted by Gasteiger charge is -2.07. The van der Waals surface area contributed by atoms with Gasteiger partial charge >= 0.3 is 0 Å². The Bertz CT molecular complexity index is 133. The molecule has 0 bridgehead atoms. The molecule has 0 aromatic carbocycles. The van der Waals surface area contributed by atoms with Gasteiger partial charge < -0.3 is 0 Å². The standard InChI is InChI=1S/C16H33Cl/c1-3-5-6-7-8-9-10-11-12-13-15-16(17)14-4-2/h16H,3-15H2,1-2H3. The van der Waals surface area contributed by atoms with Gasteiger partial charge in [0.25, 0.3) is 0 Å². The Kier molecular flexibility index (Phi) is 14.6. The topological polar surface area (TPSA) is 0 Å². The fourth-order valence-corrected chi connectivity index (χ4v) is 2.68. The Morgan fingerprint density at radius 3 is 1.53 bits per heavy atom. The maximum absolute atomic E-state index is 6.19. The van der Waals surface area contributed by atoms with E-state index in [9.17, 15) is 0 Å². The summed E-state index contributed by atoms with van der Waals surface area (Å²) in [7, 11) is 0. The summed E-state index contributed by atoms with van der Waals surface area (Å²) in [5.41, 5.74) is 0. The Hall–Kier alpha value is 0.290. The van der Waals surface area contributed by atoms with Crippen LogP contribution in [0.25, 0.3) is 0 Å². The molecule has 0 aliphatic heterocycles. The zero-order valence-electron chi connectivity index (χ0n) is 12.1. The lowest BCUT2D eigenvalue weighted by atomic mass is 10.0. The molecule has 0 aromatic heterocycles. The highest BCUT2D eigenvalue weighted by Crippen LogP contribution is 2.16. The predicted molar refractivity (Wildman–Crippen MR) is 81.0 cm³/mol. The highest BCUT2D eigenvalue weighted by Gasteiger charge is 2.01. The van der Waals surface area contributed by atoms with Crippen molar-refractivity contribution in [3.05, 3.63) is 0 Å². The molecular weight excluding hydrogens is 228 g/mol. The molecule has 0 aromatic rings. The zero-order chi connectivity index (χ0) is 12.8. The first kappa shape index (κ1) is 17.3. The van der Waals surface area contributed by atoms with Gasteiger partial charge in [-0.2, -0.15) is 0 Å². The molecule has 0 spiro atoms. The monoisotopic (exact) mass is 260 g/mol. The van der Waals surface area contributed by atoms with Crippen LogP contribution in [0.15, 0.2) is 0 Å². The van der Waals surface area contributed by atoms with Crippen molar-refractivity contribution in [2.45, 2.75) is 103 Å². The fraction of sp³-hybridized carbons (Fsp3) is 1.00. The largest absolute Gasteiger partial charge is 0.123 e. The van der Waals surface area contributed by atoms with Gasteiger partial charge in [-0.3, -0.25) is 0 Å². The Balaban J connectivity index is 2.98. The van der Waals surface area contributed by atoms with E-state index in [-0.39, 0.29) is 0 Å². The Morgan fingerprint density at radius 1 is 0.588 bits per heavy atom. The van der Waals surface area contributed by atoms with Gasteiger partial charge in [0.05, 0.1) is 0 Å². The number of rotatable bonds is 13. The summed E-state index contributed by atoms with van der Waals surface area (Å²) in [6.07, 6.45) is 17.8. The predicted octanol–water partition coefficient (Wildman–Crippen LogP) is 6.70. The first-order valence-electron chi connectivity index (χ1n) is 7.95. The van der Waals surface area contributed by atoms with Gasteiger partial charge in [0.2, 0.25) is 0 Å². The van der Waals surface area contributed by atoms with Gasteiger partial charge in [0.1, 0.15) is 0 Å². The van der Waals surface area contributed by atoms with Gasteiger partial charge in [-0.1, -0.05) is 84.5 Å². The number of hydrogen-bond donors (Lipinski definition) is 0. The molecule has 0 N–H and O–H groups in total. The van der Waals surface area contributed by atoms with Crippen LogP contribution in [0, 0.1) is 0 Å². The molecule has 0 rings (SSSR count). The molecule has 0 saturated heterocycles. The first-order chi connectivity index (χ1) is 8.31. The molecule has 17 heavy (non-hydrogen) atoms. The van der Waals surface area contributed by atoms with Crippen molar-refractivity contribution in [1.82, 2.24) is 0 Å². The summed E-state index contributed by atoms with van der Waals surface area (Å²) < 4.78 is 0. The molecule has 0 aliphatic carbocycles. The molecule has 104 valence electrons. The second-order valence-electron chi connectivity index (χ2n) is 5.36. The SMILES string of the molecule is CCCCCCCCCCCCC(Cl)CCC. The number of hydrogen-bond acceptors (Lipinski definition) is 0. The van der Waals surface area contributed by atoms with E-state index in [1.165, 1.54) is 83.5 Å². The molecule has 1 heteroatoms. The molecule has 0 saturated carbocycles. The Morgan fingerprint density at radius 2 is 1.06 bits per heavy atom. The smallest absolute Gasteiger partial charge is 0.0336 e. The minimum atomic E-state index is 0.439. The van der Waals surface area contributed by atoms with Crippen LogP contribution in [-0.2, 0) is 0 Å². The van der Waals surface area contributed by atoms with Crippen molar-refractivity contribution in [3.63, 3.8) is 0 Å². The summed E-state index contributed by atoms with van der Waals surface area (Å²) in [4.78, 5) is 0. The molecule has 0 nitrogen and oxygen atoms in total. The van der Waals surface area contributed by atoms with Crippen LogP contribution >= 0.6 is 11.6 Å². The quantitative estimate of drug-likeness (QED) is 0.255. The molecule has 1 unspecified atom stereocenters. The van der Waals surface area contributed by atoms with Crippen molar-refractivity contribution < 1.29 is 0 Å². The second kappa shape index (κ2) is 14.4. The summed E-state index contributed by atoms with van der Waals surface area (Å²) in [6, 6.07) is 0. The molecule has 0 aliphatic rings. The van der Waals surface area contributed by atoms with Crippen LogP contribution in [0.3, 0.4) is 0 Å². The number of halogens is 1. The third-order valence-electron chi connectivity index (χ3n) is 3.47. The highest BCUT2D eigenvalue weighted by molar-refractivity contribution is 6.20. The number of alkyl halides is 1. The number of unbranched alkanes of at least 4 members (excludes halogenated alkanes) is 9. The van der Waals surface area contributed by atoms with E-state index in [1.54, 1.807) is 0 Å². The minimum absolute atomic E-state index is 0.439. The Labute approximate surface area is 115 Å². The van der Waals surface area contributed by atoms with E-state index in [2.05, 4.69) is 13.8 Å². The lowest BCUT2D eigenvalue weighted by Crippen LogP contribution is -1.97. The van der Waals surface area contributed by atoms with Crippen LogP contribution in [-0.4, -0.2) is 5.38 Å². The van der Waals surface area contributed by atoms with E-state index in [4.69, 9.17) is 11.6 Å². The summed E-state index contributed by atoms with van der Waals surface area (Å²) in [6.45, 7) is 4.50. The average Bonchev–Trinajstić information content (AvgIpc) is 2.32. The van der Waals surface area contributed by atoms with Crippen LogP contribution in [0.1, 0.15) is 97.3 Å². The van der Waals surface area contributed by atoms with Gasteiger partial charge in [0.15, 0.2) is 0 Å². The lowest BCUT2D eigenvalue weighted by molar-refractivity contribution is 0.540. The van der Waals surface area contributed by atoms with E-state index in [0.717, 1.165) is 0 Å². The van der Waals surface area contributed by atoms with Crippen molar-refractivity contribution in [2.24, 2.45) is 0 Å². The van der Waals surface area contributed by atoms with Gasteiger partial charge in [-0.25, -0.2) is 0 Å². The van der Waals surface area contributed by atoms with E-state index in [0.29, 0.717) is 5.38 Å². The third kappa shape index (κ3) is 14.2. The normalized spacial score (nSPS) is 12.9. The highest BCUT2D eigenvalue weighted by atomic mass is 35.5. The maximum Gasteiger partial charge on any atom is 0.0336 e. The van der Waals surface area contributed by atoms with Crippen LogP contribution in [0.5, 0.6) is 0 Å². The molecule has 0 radical (unpaired) electrons. The van der Waals surface area contributed by atoms with Gasteiger partial charge in [-0.05, 0) is 12.8 Å². The molecule has 0 fully saturated rings. The maximum atomic E-state index is 6.19. The van der Waals surface area contributed by atoms with E-state index in [1.807, 2.05) is 0 Å². The van der Waals surface area contributed by atoms with E-state index < -0.39 is 0 Å². The first-order valence-corrected chi connectivity index (χ1v) is 8.39.